The first-order chi connectivity index (χ1) is 16.0. The van der Waals surface area contributed by atoms with Crippen molar-refractivity contribution in [2.24, 2.45) is 0 Å². The molecule has 0 aliphatic carbocycles. The Bertz CT molecular complexity index is 1470. The van der Waals surface area contributed by atoms with Crippen LogP contribution in [0.4, 0.5) is 0 Å². The molecule has 8 heteroatoms. The lowest BCUT2D eigenvalue weighted by Crippen LogP contribution is -2.40. The van der Waals surface area contributed by atoms with Crippen molar-refractivity contribution in [3.8, 4) is 0 Å². The van der Waals surface area contributed by atoms with Crippen molar-refractivity contribution in [3.05, 3.63) is 88.3 Å². The van der Waals surface area contributed by atoms with Gasteiger partial charge in [-0.15, -0.1) is 0 Å². The highest BCUT2D eigenvalue weighted by molar-refractivity contribution is 7.97. The summed E-state index contributed by atoms with van der Waals surface area (Å²) in [5, 5.41) is 3.09. The highest BCUT2D eigenvalue weighted by Gasteiger charge is 2.26. The lowest BCUT2D eigenvalue weighted by molar-refractivity contribution is 0.0730. The molecule has 5 rings (SSSR count). The van der Waals surface area contributed by atoms with Gasteiger partial charge in [-0.3, -0.25) is 0 Å². The summed E-state index contributed by atoms with van der Waals surface area (Å²) in [6.45, 7) is 1.59. The number of rotatable bonds is 6. The van der Waals surface area contributed by atoms with Crippen molar-refractivity contribution >= 4 is 43.5 Å². The second-order valence-electron chi connectivity index (χ2n) is 7.91. The molecule has 0 amide bonds. The van der Waals surface area contributed by atoms with Crippen LogP contribution in [-0.2, 0) is 26.3 Å². The Hall–Kier alpha value is -2.65. The smallest absolute Gasteiger partial charge is 0.336 e. The lowest BCUT2D eigenvalue weighted by Gasteiger charge is -2.26. The van der Waals surface area contributed by atoms with Gasteiger partial charge in [0, 0.05) is 36.0 Å². The van der Waals surface area contributed by atoms with E-state index in [1.165, 1.54) is 4.31 Å². The topological polar surface area (TPSA) is 76.8 Å². The number of nitrogens with zero attached hydrogens (tertiary/aromatic N) is 1. The number of ether oxygens (including phenoxy) is 1. The van der Waals surface area contributed by atoms with Crippen molar-refractivity contribution in [2.45, 2.75) is 16.4 Å². The average molecular weight is 482 g/mol. The molecule has 0 unspecified atom stereocenters. The number of thioether (sulfide) groups is 1. The monoisotopic (exact) mass is 481 g/mol. The SMILES string of the molecule is O=c1cc(CSCc2cccc(S(=O)(=O)N3CCOCC3)c2)c2c(ccc3ccccc32)o1. The fourth-order valence-electron chi connectivity index (χ4n) is 4.14. The Morgan fingerprint density at radius 2 is 1.73 bits per heavy atom. The first-order valence-electron chi connectivity index (χ1n) is 10.7. The molecule has 6 nitrogen and oxygen atoms in total. The molecule has 3 aromatic carbocycles. The van der Waals surface area contributed by atoms with Crippen LogP contribution in [0.25, 0.3) is 21.7 Å². The zero-order valence-corrected chi connectivity index (χ0v) is 19.5. The molecule has 0 radical (unpaired) electrons. The molecule has 1 fully saturated rings. The van der Waals surface area contributed by atoms with Crippen LogP contribution in [0.1, 0.15) is 11.1 Å². The molecule has 4 aromatic rings. The Kier molecular flexibility index (Phi) is 6.25. The minimum atomic E-state index is -3.53. The maximum absolute atomic E-state index is 13.0. The maximum atomic E-state index is 13.0. The molecule has 1 saturated heterocycles. The van der Waals surface area contributed by atoms with Gasteiger partial charge in [-0.25, -0.2) is 13.2 Å². The van der Waals surface area contributed by atoms with Gasteiger partial charge in [-0.05, 0) is 40.1 Å². The van der Waals surface area contributed by atoms with E-state index in [4.69, 9.17) is 9.15 Å². The van der Waals surface area contributed by atoms with E-state index in [1.54, 1.807) is 36.0 Å². The molecule has 1 aliphatic rings. The van der Waals surface area contributed by atoms with E-state index in [0.717, 1.165) is 27.3 Å². The molecule has 0 atom stereocenters. The van der Waals surface area contributed by atoms with Gasteiger partial charge in [0.05, 0.1) is 18.1 Å². The van der Waals surface area contributed by atoms with E-state index in [1.807, 2.05) is 42.5 Å². The Morgan fingerprint density at radius 1 is 0.909 bits per heavy atom. The molecular weight excluding hydrogens is 458 g/mol. The van der Waals surface area contributed by atoms with Crippen molar-refractivity contribution < 1.29 is 17.6 Å². The number of sulfonamides is 1. The van der Waals surface area contributed by atoms with Crippen LogP contribution in [0.15, 0.2) is 80.8 Å². The molecule has 0 saturated carbocycles. The predicted molar refractivity (Wildman–Crippen MR) is 131 cm³/mol. The molecule has 33 heavy (non-hydrogen) atoms. The fraction of sp³-hybridized carbons (Fsp3) is 0.240. The Morgan fingerprint density at radius 3 is 2.58 bits per heavy atom. The summed E-state index contributed by atoms with van der Waals surface area (Å²) in [5.41, 5.74) is 2.05. The highest BCUT2D eigenvalue weighted by Crippen LogP contribution is 2.30. The molecule has 170 valence electrons. The molecule has 2 heterocycles. The third-order valence-corrected chi connectivity index (χ3v) is 8.69. The third kappa shape index (κ3) is 4.56. The van der Waals surface area contributed by atoms with Gasteiger partial charge in [0.2, 0.25) is 10.0 Å². The van der Waals surface area contributed by atoms with Crippen LogP contribution in [0.5, 0.6) is 0 Å². The number of hydrogen-bond acceptors (Lipinski definition) is 6. The Balaban J connectivity index is 1.38. The van der Waals surface area contributed by atoms with E-state index >= 15 is 0 Å². The normalized spacial score (nSPS) is 15.3. The number of morpholine rings is 1. The molecule has 0 spiro atoms. The van der Waals surface area contributed by atoms with Crippen LogP contribution in [0, 0.1) is 0 Å². The van der Waals surface area contributed by atoms with Gasteiger partial charge < -0.3 is 9.15 Å². The quantitative estimate of drug-likeness (QED) is 0.300. The van der Waals surface area contributed by atoms with Crippen molar-refractivity contribution in [3.63, 3.8) is 0 Å². The third-order valence-electron chi connectivity index (χ3n) is 5.75. The molecule has 0 bridgehead atoms. The second kappa shape index (κ2) is 9.30. The van der Waals surface area contributed by atoms with Gasteiger partial charge in [0.15, 0.2) is 0 Å². The van der Waals surface area contributed by atoms with E-state index < -0.39 is 10.0 Å². The van der Waals surface area contributed by atoms with E-state index in [0.29, 0.717) is 48.3 Å². The van der Waals surface area contributed by atoms with Crippen LogP contribution < -0.4 is 5.63 Å². The second-order valence-corrected chi connectivity index (χ2v) is 10.8. The summed E-state index contributed by atoms with van der Waals surface area (Å²) in [5.74, 6) is 1.23. The number of hydrogen-bond donors (Lipinski definition) is 0. The van der Waals surface area contributed by atoms with E-state index in [-0.39, 0.29) is 5.63 Å². The van der Waals surface area contributed by atoms with Gasteiger partial charge in [0.1, 0.15) is 5.58 Å². The average Bonchev–Trinajstić information content (AvgIpc) is 2.84. The molecular formula is C25H23NO5S2. The summed E-state index contributed by atoms with van der Waals surface area (Å²) < 4.78 is 38.1. The first kappa shape index (κ1) is 22.2. The molecule has 0 N–H and O–H groups in total. The van der Waals surface area contributed by atoms with Crippen LogP contribution in [0.3, 0.4) is 0 Å². The summed E-state index contributed by atoms with van der Waals surface area (Å²) in [4.78, 5) is 12.4. The fourth-order valence-corrected chi connectivity index (χ4v) is 6.59. The van der Waals surface area contributed by atoms with Gasteiger partial charge in [0.25, 0.3) is 0 Å². The van der Waals surface area contributed by atoms with Crippen LogP contribution in [-0.4, -0.2) is 39.0 Å². The minimum absolute atomic E-state index is 0.305. The predicted octanol–water partition coefficient (Wildman–Crippen LogP) is 4.40. The summed E-state index contributed by atoms with van der Waals surface area (Å²) in [6.07, 6.45) is 0. The lowest BCUT2D eigenvalue weighted by atomic mass is 10.0. The molecule has 1 aliphatic heterocycles. The van der Waals surface area contributed by atoms with Gasteiger partial charge in [-0.1, -0.05) is 42.5 Å². The molecule has 1 aromatic heterocycles. The van der Waals surface area contributed by atoms with Gasteiger partial charge >= 0.3 is 5.63 Å². The van der Waals surface area contributed by atoms with Crippen molar-refractivity contribution in [2.75, 3.05) is 26.3 Å². The summed E-state index contributed by atoms with van der Waals surface area (Å²) in [7, 11) is -3.53. The standard InChI is InChI=1S/C25H23NO5S2/c27-24-15-20(25-22-7-2-1-5-19(22)8-9-23(25)31-24)17-32-16-18-4-3-6-21(14-18)33(28,29)26-10-12-30-13-11-26/h1-9,14-15H,10-13,16-17H2. The van der Waals surface area contributed by atoms with Crippen LogP contribution in [0.2, 0.25) is 0 Å². The first-order valence-corrected chi connectivity index (χ1v) is 13.3. The van der Waals surface area contributed by atoms with Crippen molar-refractivity contribution in [1.82, 2.24) is 4.31 Å². The van der Waals surface area contributed by atoms with Gasteiger partial charge in [-0.2, -0.15) is 16.1 Å². The summed E-state index contributed by atoms with van der Waals surface area (Å²) >= 11 is 1.64. The van der Waals surface area contributed by atoms with E-state index in [2.05, 4.69) is 0 Å². The minimum Gasteiger partial charge on any atom is -0.423 e. The highest BCUT2D eigenvalue weighted by atomic mass is 32.2. The zero-order valence-electron chi connectivity index (χ0n) is 17.9. The number of benzene rings is 3. The zero-order chi connectivity index (χ0) is 22.8. The largest absolute Gasteiger partial charge is 0.423 e. The van der Waals surface area contributed by atoms with E-state index in [9.17, 15) is 13.2 Å². The van der Waals surface area contributed by atoms with Crippen LogP contribution >= 0.6 is 11.8 Å². The number of fused-ring (bicyclic) bond motifs is 3. The summed E-state index contributed by atoms with van der Waals surface area (Å²) in [6, 6.07) is 20.5. The van der Waals surface area contributed by atoms with Crippen molar-refractivity contribution in [1.29, 1.82) is 0 Å². The maximum Gasteiger partial charge on any atom is 0.336 e. The Labute approximate surface area is 196 Å².